The van der Waals surface area contributed by atoms with E-state index < -0.39 is 0 Å². The van der Waals surface area contributed by atoms with E-state index in [1.165, 1.54) is 11.6 Å². The van der Waals surface area contributed by atoms with Crippen LogP contribution in [-0.4, -0.2) is 21.1 Å². The molecule has 2 heterocycles. The summed E-state index contributed by atoms with van der Waals surface area (Å²) in [4.78, 5) is 16.8. The van der Waals surface area contributed by atoms with Crippen molar-refractivity contribution in [3.8, 4) is 0 Å². The number of rotatable bonds is 5. The lowest BCUT2D eigenvalue weighted by molar-refractivity contribution is 0.102. The molecule has 0 spiro atoms. The fraction of sp³-hybridized carbons (Fsp3) is 0.238. The van der Waals surface area contributed by atoms with Crippen LogP contribution in [0.25, 0.3) is 0 Å². The molecule has 3 rings (SSSR count). The summed E-state index contributed by atoms with van der Waals surface area (Å²) < 4.78 is 0. The SMILES string of the molecule is CC(C)(C)c1ccc(NC(=O)c2cc(Cl)nnc2NCc2ccncc2)cc1. The normalized spacial score (nSPS) is 11.1. The van der Waals surface area contributed by atoms with Crippen molar-refractivity contribution in [1.82, 2.24) is 15.2 Å². The smallest absolute Gasteiger partial charge is 0.259 e. The largest absolute Gasteiger partial charge is 0.364 e. The van der Waals surface area contributed by atoms with Crippen molar-refractivity contribution in [1.29, 1.82) is 0 Å². The number of hydrogen-bond donors (Lipinski definition) is 2. The zero-order valence-corrected chi connectivity index (χ0v) is 16.8. The molecule has 0 aliphatic carbocycles. The summed E-state index contributed by atoms with van der Waals surface area (Å²) in [6.07, 6.45) is 3.42. The molecule has 2 aromatic heterocycles. The predicted molar refractivity (Wildman–Crippen MR) is 112 cm³/mol. The van der Waals surface area contributed by atoms with Gasteiger partial charge < -0.3 is 10.6 Å². The molecule has 0 radical (unpaired) electrons. The molecule has 7 heteroatoms. The Morgan fingerprint density at radius 3 is 2.36 bits per heavy atom. The summed E-state index contributed by atoms with van der Waals surface area (Å²) in [5.41, 5.74) is 3.28. The van der Waals surface area contributed by atoms with Gasteiger partial charge >= 0.3 is 0 Å². The van der Waals surface area contributed by atoms with Crippen LogP contribution in [0, 0.1) is 0 Å². The summed E-state index contributed by atoms with van der Waals surface area (Å²) in [6.45, 7) is 6.92. The Kier molecular flexibility index (Phi) is 5.90. The molecule has 0 aliphatic heterocycles. The first-order chi connectivity index (χ1) is 13.3. The number of halogens is 1. The second kappa shape index (κ2) is 8.35. The zero-order valence-electron chi connectivity index (χ0n) is 16.0. The van der Waals surface area contributed by atoms with E-state index in [1.807, 2.05) is 36.4 Å². The minimum atomic E-state index is -0.308. The van der Waals surface area contributed by atoms with Crippen molar-refractivity contribution in [2.45, 2.75) is 32.7 Å². The number of aromatic nitrogens is 3. The first kappa shape index (κ1) is 19.8. The summed E-state index contributed by atoms with van der Waals surface area (Å²) >= 11 is 5.96. The lowest BCUT2D eigenvalue weighted by Gasteiger charge is -2.19. The van der Waals surface area contributed by atoms with E-state index in [2.05, 4.69) is 46.6 Å². The Labute approximate surface area is 169 Å². The number of nitrogens with zero attached hydrogens (tertiary/aromatic N) is 3. The van der Waals surface area contributed by atoms with Gasteiger partial charge in [-0.05, 0) is 46.9 Å². The highest BCUT2D eigenvalue weighted by Gasteiger charge is 2.16. The van der Waals surface area contributed by atoms with Gasteiger partial charge in [-0.25, -0.2) is 0 Å². The van der Waals surface area contributed by atoms with Gasteiger partial charge in [0, 0.05) is 24.6 Å². The molecule has 0 bridgehead atoms. The Hall–Kier alpha value is -2.99. The highest BCUT2D eigenvalue weighted by Crippen LogP contribution is 2.24. The topological polar surface area (TPSA) is 79.8 Å². The first-order valence-electron chi connectivity index (χ1n) is 8.91. The van der Waals surface area contributed by atoms with E-state index in [1.54, 1.807) is 12.4 Å². The highest BCUT2D eigenvalue weighted by atomic mass is 35.5. The molecule has 2 N–H and O–H groups in total. The zero-order chi connectivity index (χ0) is 20.1. The molecule has 0 atom stereocenters. The number of amides is 1. The van der Waals surface area contributed by atoms with Crippen LogP contribution in [-0.2, 0) is 12.0 Å². The van der Waals surface area contributed by atoms with Crippen LogP contribution in [0.4, 0.5) is 11.5 Å². The number of benzene rings is 1. The molecule has 0 saturated heterocycles. The van der Waals surface area contributed by atoms with Gasteiger partial charge in [0.1, 0.15) is 0 Å². The molecule has 3 aromatic rings. The number of nitrogens with one attached hydrogen (secondary N) is 2. The van der Waals surface area contributed by atoms with E-state index in [0.29, 0.717) is 23.6 Å². The standard InChI is InChI=1S/C21H22ClN5O/c1-21(2,3)15-4-6-16(7-5-15)25-20(28)17-12-18(22)26-27-19(17)24-13-14-8-10-23-11-9-14/h4-12H,13H2,1-3H3,(H,24,27)(H,25,28). The van der Waals surface area contributed by atoms with Gasteiger partial charge in [0.25, 0.3) is 5.91 Å². The molecule has 0 unspecified atom stereocenters. The quantitative estimate of drug-likeness (QED) is 0.655. The van der Waals surface area contributed by atoms with Crippen molar-refractivity contribution in [3.05, 3.63) is 76.7 Å². The van der Waals surface area contributed by atoms with Gasteiger partial charge in [-0.15, -0.1) is 10.2 Å². The molecule has 6 nitrogen and oxygen atoms in total. The second-order valence-corrected chi connectivity index (χ2v) is 7.81. The van der Waals surface area contributed by atoms with Crippen LogP contribution in [0.2, 0.25) is 5.15 Å². The van der Waals surface area contributed by atoms with Gasteiger partial charge in [-0.2, -0.15) is 0 Å². The number of carbonyl (C=O) groups is 1. The summed E-state index contributed by atoms with van der Waals surface area (Å²) in [5, 5.41) is 14.0. The molecule has 144 valence electrons. The number of anilines is 2. The van der Waals surface area contributed by atoms with Crippen molar-refractivity contribution in [2.24, 2.45) is 0 Å². The third-order valence-corrected chi connectivity index (χ3v) is 4.41. The number of carbonyl (C=O) groups excluding carboxylic acids is 1. The Bertz CT molecular complexity index is 953. The Morgan fingerprint density at radius 2 is 1.71 bits per heavy atom. The molecule has 1 aromatic carbocycles. The lowest BCUT2D eigenvalue weighted by Crippen LogP contribution is -2.17. The van der Waals surface area contributed by atoms with Crippen molar-refractivity contribution in [2.75, 3.05) is 10.6 Å². The molecule has 28 heavy (non-hydrogen) atoms. The Morgan fingerprint density at radius 1 is 1.04 bits per heavy atom. The fourth-order valence-electron chi connectivity index (χ4n) is 2.61. The van der Waals surface area contributed by atoms with Crippen molar-refractivity contribution in [3.63, 3.8) is 0 Å². The third kappa shape index (κ3) is 5.04. The maximum absolute atomic E-state index is 12.8. The van der Waals surface area contributed by atoms with Gasteiger partial charge in [0.15, 0.2) is 11.0 Å². The van der Waals surface area contributed by atoms with Gasteiger partial charge in [-0.1, -0.05) is 44.5 Å². The van der Waals surface area contributed by atoms with Gasteiger partial charge in [0.2, 0.25) is 0 Å². The summed E-state index contributed by atoms with van der Waals surface area (Å²) in [6, 6.07) is 13.1. The van der Waals surface area contributed by atoms with Crippen LogP contribution >= 0.6 is 11.6 Å². The number of hydrogen-bond acceptors (Lipinski definition) is 5. The molecular formula is C21H22ClN5O. The molecule has 0 aliphatic rings. The summed E-state index contributed by atoms with van der Waals surface area (Å²) in [5.74, 6) is 0.0579. The Balaban J connectivity index is 1.76. The highest BCUT2D eigenvalue weighted by molar-refractivity contribution is 6.30. The van der Waals surface area contributed by atoms with Crippen LogP contribution in [0.1, 0.15) is 42.3 Å². The van der Waals surface area contributed by atoms with Crippen LogP contribution in [0.15, 0.2) is 54.9 Å². The minimum absolute atomic E-state index is 0.0507. The first-order valence-corrected chi connectivity index (χ1v) is 9.28. The van der Waals surface area contributed by atoms with E-state index >= 15 is 0 Å². The van der Waals surface area contributed by atoms with Crippen LogP contribution in [0.5, 0.6) is 0 Å². The molecule has 0 fully saturated rings. The third-order valence-electron chi connectivity index (χ3n) is 4.23. The summed E-state index contributed by atoms with van der Waals surface area (Å²) in [7, 11) is 0. The van der Waals surface area contributed by atoms with Crippen LogP contribution in [0.3, 0.4) is 0 Å². The van der Waals surface area contributed by atoms with Gasteiger partial charge in [-0.3, -0.25) is 9.78 Å². The van der Waals surface area contributed by atoms with E-state index in [0.717, 1.165) is 5.56 Å². The monoisotopic (exact) mass is 395 g/mol. The van der Waals surface area contributed by atoms with E-state index in [9.17, 15) is 4.79 Å². The fourth-order valence-corrected chi connectivity index (χ4v) is 2.76. The minimum Gasteiger partial charge on any atom is -0.364 e. The predicted octanol–water partition coefficient (Wildman–Crippen LogP) is 4.69. The second-order valence-electron chi connectivity index (χ2n) is 7.42. The van der Waals surface area contributed by atoms with Crippen molar-refractivity contribution < 1.29 is 4.79 Å². The van der Waals surface area contributed by atoms with Crippen LogP contribution < -0.4 is 10.6 Å². The molecule has 1 amide bonds. The average molecular weight is 396 g/mol. The average Bonchev–Trinajstić information content (AvgIpc) is 2.67. The maximum atomic E-state index is 12.8. The van der Waals surface area contributed by atoms with E-state index in [4.69, 9.17) is 11.6 Å². The van der Waals surface area contributed by atoms with Crippen molar-refractivity contribution >= 4 is 29.0 Å². The maximum Gasteiger partial charge on any atom is 0.259 e. The van der Waals surface area contributed by atoms with E-state index in [-0.39, 0.29) is 16.5 Å². The number of pyridine rings is 1. The molecule has 0 saturated carbocycles. The van der Waals surface area contributed by atoms with Gasteiger partial charge in [0.05, 0.1) is 5.56 Å². The lowest BCUT2D eigenvalue weighted by atomic mass is 9.87. The molecular weight excluding hydrogens is 374 g/mol.